The summed E-state index contributed by atoms with van der Waals surface area (Å²) < 4.78 is 1.74. The lowest BCUT2D eigenvalue weighted by molar-refractivity contribution is -0.160. The highest BCUT2D eigenvalue weighted by Gasteiger charge is 2.66. The molecule has 0 unspecified atom stereocenters. The summed E-state index contributed by atoms with van der Waals surface area (Å²) in [5.41, 5.74) is 0.333. The van der Waals surface area contributed by atoms with Crippen LogP contribution in [0.25, 0.3) is 0 Å². The number of rotatable bonds is 1. The van der Waals surface area contributed by atoms with E-state index in [1.165, 1.54) is 32.3 Å². The highest BCUT2D eigenvalue weighted by atomic mass is 16.8. The Morgan fingerprint density at radius 3 is 2.43 bits per heavy atom. The Morgan fingerprint density at radius 2 is 1.74 bits per heavy atom. The smallest absolute Gasteiger partial charge is 0.332 e. The van der Waals surface area contributed by atoms with Gasteiger partial charge in [-0.15, -0.1) is 0 Å². The fraction of sp³-hybridized carbons (Fsp3) is 0.417. The average molecular weight is 478 g/mol. The lowest BCUT2D eigenvalue weighted by Gasteiger charge is -2.59. The van der Waals surface area contributed by atoms with E-state index in [-0.39, 0.29) is 34.7 Å². The Kier molecular flexibility index (Phi) is 4.46. The molecule has 182 valence electrons. The second kappa shape index (κ2) is 7.15. The van der Waals surface area contributed by atoms with Gasteiger partial charge in [-0.3, -0.25) is 29.4 Å². The molecule has 11 heteroatoms. The summed E-state index contributed by atoms with van der Waals surface area (Å²) in [7, 11) is 2.73. The van der Waals surface area contributed by atoms with Crippen LogP contribution in [0.15, 0.2) is 41.2 Å². The molecule has 11 nitrogen and oxygen atoms in total. The molecule has 4 aliphatic heterocycles. The van der Waals surface area contributed by atoms with Crippen molar-refractivity contribution in [2.45, 2.75) is 31.3 Å². The first-order valence-electron chi connectivity index (χ1n) is 11.5. The van der Waals surface area contributed by atoms with Crippen LogP contribution in [0.4, 0.5) is 16.2 Å². The van der Waals surface area contributed by atoms with Crippen LogP contribution in [0.5, 0.6) is 0 Å². The molecule has 1 spiro atoms. The fourth-order valence-corrected chi connectivity index (χ4v) is 6.77. The van der Waals surface area contributed by atoms with Gasteiger partial charge in [0.25, 0.3) is 5.56 Å². The van der Waals surface area contributed by atoms with E-state index in [1.54, 1.807) is 16.7 Å². The number of carbonyl (C=O) groups excluding carboxylic acids is 3. The van der Waals surface area contributed by atoms with Crippen molar-refractivity contribution in [3.63, 3.8) is 0 Å². The molecule has 2 bridgehead atoms. The SMILES string of the molecule is CN1C(=O)N(C)C(=O)C2(Cc3cc(N([O-])O)ccc3N3C[C@@H]4C[C@@H](c5cccc(=O)n5C4)[C@H]32)C1=O. The van der Waals surface area contributed by atoms with Gasteiger partial charge in [-0.05, 0) is 48.6 Å². The average Bonchev–Trinajstić information content (AvgIpc) is 2.85. The van der Waals surface area contributed by atoms with Crippen molar-refractivity contribution in [1.29, 1.82) is 0 Å². The van der Waals surface area contributed by atoms with Crippen molar-refractivity contribution in [3.05, 3.63) is 63.2 Å². The molecule has 0 saturated carbocycles. The van der Waals surface area contributed by atoms with Crippen LogP contribution in [-0.2, 0) is 22.6 Å². The molecule has 4 amide bonds. The van der Waals surface area contributed by atoms with Gasteiger partial charge >= 0.3 is 6.03 Å². The predicted molar refractivity (Wildman–Crippen MR) is 124 cm³/mol. The number of benzene rings is 1. The first kappa shape index (κ1) is 21.8. The quantitative estimate of drug-likeness (QED) is 0.477. The molecule has 2 fully saturated rings. The molecule has 35 heavy (non-hydrogen) atoms. The Bertz CT molecular complexity index is 1330. The number of barbiturate groups is 1. The van der Waals surface area contributed by atoms with E-state index in [4.69, 9.17) is 0 Å². The van der Waals surface area contributed by atoms with Crippen LogP contribution >= 0.6 is 0 Å². The van der Waals surface area contributed by atoms with Gasteiger partial charge in [0.2, 0.25) is 11.8 Å². The van der Waals surface area contributed by atoms with E-state index in [0.29, 0.717) is 25.1 Å². The van der Waals surface area contributed by atoms with E-state index in [9.17, 15) is 29.6 Å². The molecule has 6 rings (SSSR count). The van der Waals surface area contributed by atoms with Gasteiger partial charge in [-0.2, -0.15) is 0 Å². The summed E-state index contributed by atoms with van der Waals surface area (Å²) in [6.07, 6.45) is 0.662. The third kappa shape index (κ3) is 2.73. The summed E-state index contributed by atoms with van der Waals surface area (Å²) in [4.78, 5) is 57.2. The number of fused-ring (bicyclic) bond motifs is 9. The van der Waals surface area contributed by atoms with Crippen molar-refractivity contribution >= 4 is 29.2 Å². The maximum atomic E-state index is 13.9. The van der Waals surface area contributed by atoms with E-state index in [1.807, 2.05) is 11.0 Å². The molecular weight excluding hydrogens is 454 g/mol. The zero-order valence-electron chi connectivity index (χ0n) is 19.2. The number of amides is 4. The van der Waals surface area contributed by atoms with Gasteiger partial charge in [-0.25, -0.2) is 4.79 Å². The van der Waals surface area contributed by atoms with E-state index in [0.717, 1.165) is 21.2 Å². The second-order valence-corrected chi connectivity index (χ2v) is 9.95. The highest BCUT2D eigenvalue weighted by molar-refractivity contribution is 6.20. The van der Waals surface area contributed by atoms with Crippen molar-refractivity contribution in [3.8, 4) is 0 Å². The molecule has 0 aliphatic carbocycles. The minimum Gasteiger partial charge on any atom is -0.733 e. The molecule has 2 saturated heterocycles. The van der Waals surface area contributed by atoms with Crippen molar-refractivity contribution in [1.82, 2.24) is 14.4 Å². The third-order valence-electron chi connectivity index (χ3n) is 8.18. The maximum Gasteiger partial charge on any atom is 0.332 e. The summed E-state index contributed by atoms with van der Waals surface area (Å²) in [6.45, 7) is 1.03. The van der Waals surface area contributed by atoms with E-state index in [2.05, 4.69) is 0 Å². The van der Waals surface area contributed by atoms with Gasteiger partial charge in [-0.1, -0.05) is 6.07 Å². The zero-order chi connectivity index (χ0) is 24.8. The molecule has 1 aromatic heterocycles. The molecule has 4 aliphatic rings. The van der Waals surface area contributed by atoms with Crippen LogP contribution in [-0.4, -0.2) is 64.1 Å². The lowest BCUT2D eigenvalue weighted by Crippen LogP contribution is -2.74. The number of hydrogen-bond donors (Lipinski definition) is 1. The molecule has 5 heterocycles. The van der Waals surface area contributed by atoms with Crippen LogP contribution in [0.1, 0.15) is 23.6 Å². The third-order valence-corrected chi connectivity index (χ3v) is 8.18. The largest absolute Gasteiger partial charge is 0.733 e. The first-order valence-corrected chi connectivity index (χ1v) is 11.5. The Morgan fingerprint density at radius 1 is 1.03 bits per heavy atom. The minimum atomic E-state index is -1.64. The number of imide groups is 2. The monoisotopic (exact) mass is 478 g/mol. The second-order valence-electron chi connectivity index (χ2n) is 9.95. The molecule has 0 radical (unpaired) electrons. The standard InChI is InChI=1S/C24H24N5O6/c1-25-21(31)24(22(32)26(2)23(25)33)10-14-9-15(29(34)35)6-7-17(14)28-12-13-8-16(20(24)28)18-4-3-5-19(30)27(18)11-13/h3-7,9,13,16,20,34H,8,10-12H2,1-2H3/q-1/t13-,16+,20+/m1/s1. The predicted octanol–water partition coefficient (Wildman–Crippen LogP) is 1.13. The van der Waals surface area contributed by atoms with Crippen molar-refractivity contribution in [2.75, 3.05) is 30.8 Å². The summed E-state index contributed by atoms with van der Waals surface area (Å²) in [5, 5.41) is 20.9. The molecule has 1 aromatic carbocycles. The number of anilines is 2. The number of nitrogens with zero attached hydrogens (tertiary/aromatic N) is 5. The number of piperidine rings is 1. The molecule has 2 aromatic rings. The molecule has 3 atom stereocenters. The Labute approximate surface area is 200 Å². The topological polar surface area (TPSA) is 129 Å². The van der Waals surface area contributed by atoms with Gasteiger partial charge in [0.15, 0.2) is 5.41 Å². The van der Waals surface area contributed by atoms with Crippen LogP contribution in [0.3, 0.4) is 0 Å². The number of carbonyl (C=O) groups is 3. The van der Waals surface area contributed by atoms with Crippen molar-refractivity contribution in [2.24, 2.45) is 11.3 Å². The fourth-order valence-electron chi connectivity index (χ4n) is 6.77. The van der Waals surface area contributed by atoms with Crippen LogP contribution in [0.2, 0.25) is 0 Å². The van der Waals surface area contributed by atoms with Gasteiger partial charge < -0.3 is 19.9 Å². The summed E-state index contributed by atoms with van der Waals surface area (Å²) >= 11 is 0. The molecular formula is C24H24N5O6-. The number of aromatic nitrogens is 1. The van der Waals surface area contributed by atoms with Crippen LogP contribution < -0.4 is 15.7 Å². The van der Waals surface area contributed by atoms with E-state index >= 15 is 0 Å². The summed E-state index contributed by atoms with van der Waals surface area (Å²) in [6, 6.07) is 8.44. The molecule has 1 N–H and O–H groups in total. The van der Waals surface area contributed by atoms with E-state index < -0.39 is 29.3 Å². The van der Waals surface area contributed by atoms with Gasteiger partial charge in [0, 0.05) is 50.6 Å². The van der Waals surface area contributed by atoms with Gasteiger partial charge in [0.1, 0.15) is 0 Å². The number of urea groups is 1. The maximum absolute atomic E-state index is 13.9. The van der Waals surface area contributed by atoms with Crippen molar-refractivity contribution < 1.29 is 19.6 Å². The number of hydrogen-bond acceptors (Lipinski definition) is 8. The Balaban J connectivity index is 1.62. The normalized spacial score (nSPS) is 26.5. The zero-order valence-corrected chi connectivity index (χ0v) is 19.2. The highest BCUT2D eigenvalue weighted by Crippen LogP contribution is 2.55. The van der Waals surface area contributed by atoms with Gasteiger partial charge in [0.05, 0.1) is 11.7 Å². The first-order chi connectivity index (χ1) is 16.6. The summed E-state index contributed by atoms with van der Waals surface area (Å²) in [5.74, 6) is -1.41. The number of pyridine rings is 1. The minimum absolute atomic E-state index is 0.0139. The lowest BCUT2D eigenvalue weighted by atomic mass is 9.60. The Hall–Kier alpha value is -3.70. The van der Waals surface area contributed by atoms with Crippen LogP contribution in [0, 0.1) is 16.5 Å².